The van der Waals surface area contributed by atoms with E-state index in [0.29, 0.717) is 0 Å². The molecular formula is C9H17F2N. The van der Waals surface area contributed by atoms with Crippen LogP contribution in [0, 0.1) is 11.3 Å². The van der Waals surface area contributed by atoms with Gasteiger partial charge in [-0.1, -0.05) is 26.7 Å². The van der Waals surface area contributed by atoms with E-state index in [1.165, 1.54) is 0 Å². The first kappa shape index (κ1) is 9.90. The Morgan fingerprint density at radius 3 is 2.25 bits per heavy atom. The number of rotatable bonds is 4. The summed E-state index contributed by atoms with van der Waals surface area (Å²) in [5, 5.41) is 0. The summed E-state index contributed by atoms with van der Waals surface area (Å²) in [6, 6.07) is 0. The van der Waals surface area contributed by atoms with Gasteiger partial charge in [-0.2, -0.15) is 0 Å². The van der Waals surface area contributed by atoms with Gasteiger partial charge in [-0.25, -0.2) is 8.78 Å². The Morgan fingerprint density at radius 2 is 2.00 bits per heavy atom. The van der Waals surface area contributed by atoms with Crippen molar-refractivity contribution in [3.05, 3.63) is 0 Å². The molecule has 0 radical (unpaired) electrons. The minimum atomic E-state index is -2.49. The highest BCUT2D eigenvalue weighted by molar-refractivity contribution is 5.12. The topological polar surface area (TPSA) is 26.0 Å². The smallest absolute Gasteiger partial charge is 0.256 e. The SMILES string of the molecule is CCCC(C)C1(CN)CC1(F)F. The lowest BCUT2D eigenvalue weighted by Crippen LogP contribution is -2.29. The normalized spacial score (nSPS) is 34.8. The molecule has 1 aliphatic rings. The molecule has 0 bridgehead atoms. The molecule has 0 aromatic rings. The summed E-state index contributed by atoms with van der Waals surface area (Å²) in [5.74, 6) is -2.43. The predicted molar refractivity (Wildman–Crippen MR) is 45.1 cm³/mol. The van der Waals surface area contributed by atoms with Gasteiger partial charge in [-0.3, -0.25) is 0 Å². The Hall–Kier alpha value is -0.180. The summed E-state index contributed by atoms with van der Waals surface area (Å²) in [7, 11) is 0. The second-order valence-electron chi connectivity index (χ2n) is 3.93. The molecule has 1 saturated carbocycles. The monoisotopic (exact) mass is 177 g/mol. The molecule has 1 nitrogen and oxygen atoms in total. The van der Waals surface area contributed by atoms with Gasteiger partial charge in [-0.05, 0) is 5.92 Å². The van der Waals surface area contributed by atoms with Gasteiger partial charge < -0.3 is 5.73 Å². The van der Waals surface area contributed by atoms with Gasteiger partial charge in [0.15, 0.2) is 0 Å². The maximum Gasteiger partial charge on any atom is 0.256 e. The Balaban J connectivity index is 2.59. The highest BCUT2D eigenvalue weighted by Gasteiger charge is 2.71. The lowest BCUT2D eigenvalue weighted by atomic mass is 9.86. The number of halogens is 2. The zero-order valence-electron chi connectivity index (χ0n) is 7.74. The van der Waals surface area contributed by atoms with E-state index in [1.54, 1.807) is 0 Å². The summed E-state index contributed by atoms with van der Waals surface area (Å²) in [4.78, 5) is 0. The van der Waals surface area contributed by atoms with Crippen molar-refractivity contribution in [1.82, 2.24) is 0 Å². The fourth-order valence-corrected chi connectivity index (χ4v) is 2.02. The molecule has 2 N–H and O–H groups in total. The largest absolute Gasteiger partial charge is 0.330 e. The van der Waals surface area contributed by atoms with Crippen molar-refractivity contribution >= 4 is 0 Å². The van der Waals surface area contributed by atoms with Crippen LogP contribution >= 0.6 is 0 Å². The van der Waals surface area contributed by atoms with Crippen molar-refractivity contribution in [2.75, 3.05) is 6.54 Å². The summed E-state index contributed by atoms with van der Waals surface area (Å²) in [6.45, 7) is 4.03. The van der Waals surface area contributed by atoms with Crippen LogP contribution in [0.5, 0.6) is 0 Å². The number of hydrogen-bond donors (Lipinski definition) is 1. The zero-order valence-corrected chi connectivity index (χ0v) is 7.74. The van der Waals surface area contributed by atoms with Crippen LogP contribution in [0.1, 0.15) is 33.1 Å². The predicted octanol–water partition coefficient (Wildman–Crippen LogP) is 2.41. The molecule has 0 spiro atoms. The molecular weight excluding hydrogens is 160 g/mol. The van der Waals surface area contributed by atoms with Gasteiger partial charge in [0.05, 0.1) is 5.41 Å². The molecule has 3 heteroatoms. The van der Waals surface area contributed by atoms with E-state index in [0.717, 1.165) is 12.8 Å². The summed E-state index contributed by atoms with van der Waals surface area (Å²) in [6.07, 6.45) is 1.81. The molecule has 0 amide bonds. The van der Waals surface area contributed by atoms with Gasteiger partial charge >= 0.3 is 0 Å². The lowest BCUT2D eigenvalue weighted by molar-refractivity contribution is 0.0432. The second kappa shape index (κ2) is 2.95. The molecule has 1 fully saturated rings. The molecule has 12 heavy (non-hydrogen) atoms. The highest BCUT2D eigenvalue weighted by atomic mass is 19.3. The molecule has 2 atom stereocenters. The van der Waals surface area contributed by atoms with Gasteiger partial charge in [0, 0.05) is 13.0 Å². The van der Waals surface area contributed by atoms with Gasteiger partial charge in [0.1, 0.15) is 0 Å². The summed E-state index contributed by atoms with van der Waals surface area (Å²) in [5.41, 5.74) is 4.54. The van der Waals surface area contributed by atoms with E-state index < -0.39 is 11.3 Å². The van der Waals surface area contributed by atoms with Gasteiger partial charge in [0.25, 0.3) is 5.92 Å². The maximum atomic E-state index is 12.9. The Bertz CT molecular complexity index is 170. The van der Waals surface area contributed by atoms with Crippen molar-refractivity contribution in [3.63, 3.8) is 0 Å². The van der Waals surface area contributed by atoms with Crippen molar-refractivity contribution in [2.24, 2.45) is 17.1 Å². The van der Waals surface area contributed by atoms with Crippen LogP contribution in [0.15, 0.2) is 0 Å². The van der Waals surface area contributed by atoms with Crippen LogP contribution < -0.4 is 5.73 Å². The first-order valence-electron chi connectivity index (χ1n) is 4.58. The Labute approximate surface area is 72.3 Å². The highest BCUT2D eigenvalue weighted by Crippen LogP contribution is 2.64. The standard InChI is InChI=1S/C9H17F2N/c1-3-4-7(2)8(6-12)5-9(8,10)11/h7H,3-6,12H2,1-2H3. The Morgan fingerprint density at radius 1 is 1.50 bits per heavy atom. The number of nitrogens with two attached hydrogens (primary N) is 1. The average Bonchev–Trinajstić information content (AvgIpc) is 2.55. The van der Waals surface area contributed by atoms with E-state index in [9.17, 15) is 8.78 Å². The molecule has 0 aromatic heterocycles. The van der Waals surface area contributed by atoms with E-state index >= 15 is 0 Å². The van der Waals surface area contributed by atoms with Gasteiger partial charge in [0.2, 0.25) is 0 Å². The second-order valence-corrected chi connectivity index (χ2v) is 3.93. The van der Waals surface area contributed by atoms with Crippen molar-refractivity contribution in [3.8, 4) is 0 Å². The molecule has 0 aliphatic heterocycles. The minimum Gasteiger partial charge on any atom is -0.330 e. The molecule has 1 aliphatic carbocycles. The third-order valence-electron chi connectivity index (χ3n) is 3.17. The summed E-state index contributed by atoms with van der Waals surface area (Å²) < 4.78 is 25.9. The zero-order chi connectivity index (χ0) is 9.41. The van der Waals surface area contributed by atoms with Crippen molar-refractivity contribution in [2.45, 2.75) is 39.0 Å². The molecule has 0 saturated heterocycles. The van der Waals surface area contributed by atoms with Crippen molar-refractivity contribution < 1.29 is 8.78 Å². The lowest BCUT2D eigenvalue weighted by Gasteiger charge is -2.21. The van der Waals surface area contributed by atoms with E-state index in [-0.39, 0.29) is 18.9 Å². The molecule has 1 rings (SSSR count). The van der Waals surface area contributed by atoms with E-state index in [2.05, 4.69) is 0 Å². The molecule has 0 heterocycles. The first-order chi connectivity index (χ1) is 5.50. The molecule has 72 valence electrons. The third-order valence-corrected chi connectivity index (χ3v) is 3.17. The average molecular weight is 177 g/mol. The van der Waals surface area contributed by atoms with E-state index in [1.807, 2.05) is 13.8 Å². The Kier molecular flexibility index (Phi) is 2.43. The minimum absolute atomic E-state index is 0.00231. The van der Waals surface area contributed by atoms with E-state index in [4.69, 9.17) is 5.73 Å². The van der Waals surface area contributed by atoms with Crippen LogP contribution in [-0.4, -0.2) is 12.5 Å². The third kappa shape index (κ3) is 1.24. The first-order valence-corrected chi connectivity index (χ1v) is 4.58. The molecule has 0 aromatic carbocycles. The van der Waals surface area contributed by atoms with Gasteiger partial charge in [-0.15, -0.1) is 0 Å². The number of alkyl halides is 2. The van der Waals surface area contributed by atoms with Crippen LogP contribution in [-0.2, 0) is 0 Å². The number of hydrogen-bond acceptors (Lipinski definition) is 1. The quantitative estimate of drug-likeness (QED) is 0.701. The fourth-order valence-electron chi connectivity index (χ4n) is 2.02. The van der Waals surface area contributed by atoms with Crippen molar-refractivity contribution in [1.29, 1.82) is 0 Å². The van der Waals surface area contributed by atoms with Crippen LogP contribution in [0.4, 0.5) is 8.78 Å². The van der Waals surface area contributed by atoms with Crippen LogP contribution in [0.2, 0.25) is 0 Å². The van der Waals surface area contributed by atoms with Crippen LogP contribution in [0.25, 0.3) is 0 Å². The fraction of sp³-hybridized carbons (Fsp3) is 1.00. The molecule has 2 unspecified atom stereocenters. The summed E-state index contributed by atoms with van der Waals surface area (Å²) >= 11 is 0. The van der Waals surface area contributed by atoms with Crippen LogP contribution in [0.3, 0.4) is 0 Å². The maximum absolute atomic E-state index is 12.9.